The lowest BCUT2D eigenvalue weighted by Crippen LogP contribution is -2.00. The average molecular weight is 276 g/mol. The summed E-state index contributed by atoms with van der Waals surface area (Å²) in [6.45, 7) is 2.84. The van der Waals surface area contributed by atoms with Gasteiger partial charge in [0.1, 0.15) is 11.5 Å². The molecule has 0 atom stereocenters. The van der Waals surface area contributed by atoms with Gasteiger partial charge in [0.15, 0.2) is 11.0 Å². The van der Waals surface area contributed by atoms with E-state index in [1.807, 2.05) is 9.95 Å². The van der Waals surface area contributed by atoms with E-state index in [-0.39, 0.29) is 5.82 Å². The third kappa shape index (κ3) is 2.08. The van der Waals surface area contributed by atoms with E-state index < -0.39 is 0 Å². The molecule has 3 aromatic rings. The molecule has 19 heavy (non-hydrogen) atoms. The van der Waals surface area contributed by atoms with Crippen LogP contribution >= 0.6 is 11.3 Å². The summed E-state index contributed by atoms with van der Waals surface area (Å²) in [5.74, 6) is 0.490. The van der Waals surface area contributed by atoms with Crippen LogP contribution in [0.2, 0.25) is 0 Å². The molecule has 2 N–H and O–H groups in total. The van der Waals surface area contributed by atoms with Crippen molar-refractivity contribution in [1.29, 1.82) is 0 Å². The largest absolute Gasteiger partial charge is 0.375 e. The van der Waals surface area contributed by atoms with Crippen LogP contribution in [0.15, 0.2) is 23.6 Å². The van der Waals surface area contributed by atoms with Gasteiger partial charge in [0, 0.05) is 11.9 Å². The Morgan fingerprint density at radius 2 is 2.21 bits per heavy atom. The van der Waals surface area contributed by atoms with Crippen molar-refractivity contribution in [3.63, 3.8) is 0 Å². The molecule has 2 heterocycles. The number of fused-ring (bicyclic) bond motifs is 1. The number of hydrogen-bond donors (Lipinski definition) is 1. The van der Waals surface area contributed by atoms with Crippen molar-refractivity contribution < 1.29 is 4.39 Å². The molecule has 0 bridgehead atoms. The number of imidazole rings is 1. The zero-order valence-corrected chi connectivity index (χ0v) is 11.2. The SMILES string of the molecule is CCCn1c(-c2csc(N)n2)nc2ccc(F)cc21. The Labute approximate surface area is 113 Å². The lowest BCUT2D eigenvalue weighted by atomic mass is 10.3. The van der Waals surface area contributed by atoms with E-state index in [2.05, 4.69) is 16.9 Å². The van der Waals surface area contributed by atoms with E-state index in [0.29, 0.717) is 5.13 Å². The maximum absolute atomic E-state index is 13.4. The third-order valence-electron chi connectivity index (χ3n) is 2.91. The van der Waals surface area contributed by atoms with E-state index in [1.165, 1.54) is 23.5 Å². The van der Waals surface area contributed by atoms with E-state index >= 15 is 0 Å². The standard InChI is InChI=1S/C13H13FN4S/c1-2-5-18-11-6-8(14)3-4-9(11)16-12(18)10-7-19-13(15)17-10/h3-4,6-7H,2,5H2,1H3,(H2,15,17). The Hall–Kier alpha value is -1.95. The van der Waals surface area contributed by atoms with Crippen molar-refractivity contribution in [3.05, 3.63) is 29.4 Å². The number of halogens is 1. The van der Waals surface area contributed by atoms with Crippen LogP contribution in [-0.2, 0) is 6.54 Å². The highest BCUT2D eigenvalue weighted by Gasteiger charge is 2.14. The summed E-state index contributed by atoms with van der Waals surface area (Å²) in [7, 11) is 0. The zero-order valence-electron chi connectivity index (χ0n) is 10.4. The van der Waals surface area contributed by atoms with Crippen molar-refractivity contribution in [3.8, 4) is 11.5 Å². The lowest BCUT2D eigenvalue weighted by Gasteiger charge is -2.05. The summed E-state index contributed by atoms with van der Waals surface area (Å²) in [6.07, 6.45) is 0.939. The van der Waals surface area contributed by atoms with Crippen molar-refractivity contribution in [2.75, 3.05) is 5.73 Å². The van der Waals surface area contributed by atoms with Gasteiger partial charge < -0.3 is 10.3 Å². The maximum atomic E-state index is 13.4. The number of nitrogens with two attached hydrogens (primary N) is 1. The number of nitrogen functional groups attached to an aromatic ring is 1. The summed E-state index contributed by atoms with van der Waals surface area (Å²) in [6, 6.07) is 4.62. The fourth-order valence-electron chi connectivity index (χ4n) is 2.13. The monoisotopic (exact) mass is 276 g/mol. The molecule has 3 rings (SSSR count). The molecule has 4 nitrogen and oxygen atoms in total. The topological polar surface area (TPSA) is 56.7 Å². The molecular weight excluding hydrogens is 263 g/mol. The fourth-order valence-corrected chi connectivity index (χ4v) is 2.67. The van der Waals surface area contributed by atoms with Gasteiger partial charge in [-0.1, -0.05) is 6.92 Å². The summed E-state index contributed by atoms with van der Waals surface area (Å²) >= 11 is 1.38. The first-order valence-corrected chi connectivity index (χ1v) is 6.94. The van der Waals surface area contributed by atoms with Crippen LogP contribution in [0.5, 0.6) is 0 Å². The number of rotatable bonds is 3. The van der Waals surface area contributed by atoms with Gasteiger partial charge in [0.25, 0.3) is 0 Å². The average Bonchev–Trinajstić information content (AvgIpc) is 2.95. The van der Waals surface area contributed by atoms with Crippen LogP contribution in [0.4, 0.5) is 9.52 Å². The lowest BCUT2D eigenvalue weighted by molar-refractivity contribution is 0.627. The number of aryl methyl sites for hydroxylation is 1. The molecule has 1 aromatic carbocycles. The Morgan fingerprint density at radius 1 is 1.37 bits per heavy atom. The Balaban J connectivity index is 2.25. The summed E-state index contributed by atoms with van der Waals surface area (Å²) < 4.78 is 15.4. The second-order valence-electron chi connectivity index (χ2n) is 4.29. The highest BCUT2D eigenvalue weighted by atomic mass is 32.1. The molecule has 0 saturated carbocycles. The molecule has 0 saturated heterocycles. The summed E-state index contributed by atoms with van der Waals surface area (Å²) in [4.78, 5) is 8.80. The number of nitrogens with zero attached hydrogens (tertiary/aromatic N) is 3. The van der Waals surface area contributed by atoms with Gasteiger partial charge in [-0.25, -0.2) is 14.4 Å². The molecule has 2 aromatic heterocycles. The van der Waals surface area contributed by atoms with Gasteiger partial charge in [-0.15, -0.1) is 11.3 Å². The Kier molecular flexibility index (Phi) is 2.94. The molecule has 0 aliphatic heterocycles. The van der Waals surface area contributed by atoms with Gasteiger partial charge in [-0.2, -0.15) is 0 Å². The van der Waals surface area contributed by atoms with E-state index in [0.717, 1.165) is 35.5 Å². The Morgan fingerprint density at radius 3 is 2.89 bits per heavy atom. The van der Waals surface area contributed by atoms with Crippen LogP contribution in [0, 0.1) is 5.82 Å². The quantitative estimate of drug-likeness (QED) is 0.798. The van der Waals surface area contributed by atoms with E-state index in [4.69, 9.17) is 5.73 Å². The minimum atomic E-state index is -0.255. The van der Waals surface area contributed by atoms with Crippen molar-refractivity contribution in [1.82, 2.24) is 14.5 Å². The highest BCUT2D eigenvalue weighted by Crippen LogP contribution is 2.27. The second-order valence-corrected chi connectivity index (χ2v) is 5.18. The Bertz CT molecular complexity index is 731. The van der Waals surface area contributed by atoms with Crippen molar-refractivity contribution >= 4 is 27.5 Å². The molecule has 6 heteroatoms. The molecule has 0 unspecified atom stereocenters. The number of anilines is 1. The third-order valence-corrected chi connectivity index (χ3v) is 3.58. The van der Waals surface area contributed by atoms with Crippen LogP contribution in [0.25, 0.3) is 22.6 Å². The zero-order chi connectivity index (χ0) is 13.4. The molecule has 0 aliphatic rings. The molecular formula is C13H13FN4S. The number of hydrogen-bond acceptors (Lipinski definition) is 4. The van der Waals surface area contributed by atoms with Gasteiger partial charge in [-0.3, -0.25) is 0 Å². The van der Waals surface area contributed by atoms with Gasteiger partial charge in [0.2, 0.25) is 0 Å². The predicted molar refractivity (Wildman–Crippen MR) is 75.5 cm³/mol. The molecule has 98 valence electrons. The predicted octanol–water partition coefficient (Wildman–Crippen LogP) is 3.29. The fraction of sp³-hybridized carbons (Fsp3) is 0.231. The first-order chi connectivity index (χ1) is 9.19. The second kappa shape index (κ2) is 4.62. The summed E-state index contributed by atoms with van der Waals surface area (Å²) in [5.41, 5.74) is 7.98. The van der Waals surface area contributed by atoms with E-state index in [9.17, 15) is 4.39 Å². The first kappa shape index (κ1) is 12.1. The van der Waals surface area contributed by atoms with Gasteiger partial charge >= 0.3 is 0 Å². The highest BCUT2D eigenvalue weighted by molar-refractivity contribution is 7.13. The maximum Gasteiger partial charge on any atom is 0.180 e. The van der Waals surface area contributed by atoms with Crippen LogP contribution in [0.3, 0.4) is 0 Å². The van der Waals surface area contributed by atoms with E-state index in [1.54, 1.807) is 6.07 Å². The number of aromatic nitrogens is 3. The smallest absolute Gasteiger partial charge is 0.180 e. The van der Waals surface area contributed by atoms with Crippen LogP contribution < -0.4 is 5.73 Å². The van der Waals surface area contributed by atoms with Crippen LogP contribution in [0.1, 0.15) is 13.3 Å². The molecule has 0 fully saturated rings. The summed E-state index contributed by atoms with van der Waals surface area (Å²) in [5, 5.41) is 2.38. The molecule has 0 aliphatic carbocycles. The normalized spacial score (nSPS) is 11.3. The minimum Gasteiger partial charge on any atom is -0.375 e. The molecule has 0 radical (unpaired) electrons. The van der Waals surface area contributed by atoms with Crippen molar-refractivity contribution in [2.24, 2.45) is 0 Å². The molecule has 0 spiro atoms. The number of benzene rings is 1. The van der Waals surface area contributed by atoms with Gasteiger partial charge in [0.05, 0.1) is 11.0 Å². The molecule has 0 amide bonds. The minimum absolute atomic E-state index is 0.255. The van der Waals surface area contributed by atoms with Gasteiger partial charge in [-0.05, 0) is 24.6 Å². The number of thiazole rings is 1. The van der Waals surface area contributed by atoms with Crippen molar-refractivity contribution in [2.45, 2.75) is 19.9 Å². The first-order valence-electron chi connectivity index (χ1n) is 6.06. The van der Waals surface area contributed by atoms with Crippen LogP contribution in [-0.4, -0.2) is 14.5 Å².